The number of halogens is 4. The number of piperazine rings is 1. The van der Waals surface area contributed by atoms with Crippen LogP contribution in [0.15, 0.2) is 29.6 Å². The average Bonchev–Trinajstić information content (AvgIpc) is 2.97. The zero-order valence-corrected chi connectivity index (χ0v) is 16.1. The summed E-state index contributed by atoms with van der Waals surface area (Å²) in [4.78, 5) is 3.52. The van der Waals surface area contributed by atoms with Crippen molar-refractivity contribution in [1.82, 2.24) is 10.2 Å². The van der Waals surface area contributed by atoms with Gasteiger partial charge in [-0.05, 0) is 23.6 Å². The molecule has 128 valence electrons. The molecule has 1 fully saturated rings. The number of hydrogen-bond acceptors (Lipinski definition) is 4. The second-order valence-electron chi connectivity index (χ2n) is 5.02. The van der Waals surface area contributed by atoms with Gasteiger partial charge in [0.15, 0.2) is 0 Å². The molecule has 2 N–H and O–H groups in total. The molecule has 0 unspecified atom stereocenters. The Labute approximate surface area is 162 Å². The summed E-state index contributed by atoms with van der Waals surface area (Å²) >= 11 is 14.0. The monoisotopic (exact) mass is 414 g/mol. The first-order chi connectivity index (χ1) is 10.2. The maximum absolute atomic E-state index is 10.4. The maximum atomic E-state index is 10.4. The molecular weight excluding hydrogens is 398 g/mol. The van der Waals surface area contributed by atoms with E-state index in [1.165, 1.54) is 4.88 Å². The van der Waals surface area contributed by atoms with Gasteiger partial charge >= 0.3 is 0 Å². The summed E-state index contributed by atoms with van der Waals surface area (Å²) in [6, 6.07) is 7.33. The van der Waals surface area contributed by atoms with Gasteiger partial charge in [0.05, 0.1) is 11.1 Å². The van der Waals surface area contributed by atoms with Gasteiger partial charge in [-0.2, -0.15) is 0 Å². The van der Waals surface area contributed by atoms with Crippen molar-refractivity contribution in [1.29, 1.82) is 0 Å². The zero-order valence-electron chi connectivity index (χ0n) is 12.2. The van der Waals surface area contributed by atoms with E-state index in [9.17, 15) is 5.11 Å². The van der Waals surface area contributed by atoms with Crippen molar-refractivity contribution in [3.05, 3.63) is 50.1 Å². The van der Waals surface area contributed by atoms with Crippen molar-refractivity contribution in [3.63, 3.8) is 0 Å². The van der Waals surface area contributed by atoms with Crippen LogP contribution in [0, 0.1) is 0 Å². The lowest BCUT2D eigenvalue weighted by Crippen LogP contribution is -2.45. The molecule has 1 aliphatic heterocycles. The van der Waals surface area contributed by atoms with Gasteiger partial charge in [-0.25, -0.2) is 0 Å². The highest BCUT2D eigenvalue weighted by molar-refractivity contribution is 7.10. The van der Waals surface area contributed by atoms with Crippen LogP contribution in [0.2, 0.25) is 10.0 Å². The van der Waals surface area contributed by atoms with E-state index in [1.54, 1.807) is 23.5 Å². The minimum Gasteiger partial charge on any atom is -0.507 e. The molecule has 0 radical (unpaired) electrons. The summed E-state index contributed by atoms with van der Waals surface area (Å²) in [7, 11) is 0. The summed E-state index contributed by atoms with van der Waals surface area (Å²) < 4.78 is 0. The van der Waals surface area contributed by atoms with Crippen molar-refractivity contribution in [2.24, 2.45) is 0 Å². The van der Waals surface area contributed by atoms with Gasteiger partial charge in [0.2, 0.25) is 0 Å². The Morgan fingerprint density at radius 3 is 2.43 bits per heavy atom. The van der Waals surface area contributed by atoms with Crippen molar-refractivity contribution in [3.8, 4) is 5.75 Å². The first-order valence-electron chi connectivity index (χ1n) is 6.83. The van der Waals surface area contributed by atoms with Crippen LogP contribution in [0.25, 0.3) is 0 Å². The molecule has 2 heterocycles. The van der Waals surface area contributed by atoms with E-state index < -0.39 is 0 Å². The summed E-state index contributed by atoms with van der Waals surface area (Å²) in [6.07, 6.45) is 0. The van der Waals surface area contributed by atoms with E-state index in [-0.39, 0.29) is 36.6 Å². The predicted octanol–water partition coefficient (Wildman–Crippen LogP) is 4.60. The molecule has 0 aliphatic carbocycles. The SMILES string of the molecule is Cl.Cl.Oc1cc(Cl)cc(Cl)c1[C@H](c1cccs1)N1CCNCC1. The second kappa shape index (κ2) is 9.33. The number of aromatic hydroxyl groups is 1. The van der Waals surface area contributed by atoms with Gasteiger partial charge in [0, 0.05) is 41.6 Å². The third-order valence-corrected chi connectivity index (χ3v) is 5.13. The number of benzene rings is 1. The highest BCUT2D eigenvalue weighted by Crippen LogP contribution is 2.42. The average molecular weight is 416 g/mol. The van der Waals surface area contributed by atoms with Crippen molar-refractivity contribution in [2.45, 2.75) is 6.04 Å². The molecule has 0 spiro atoms. The molecule has 23 heavy (non-hydrogen) atoms. The van der Waals surface area contributed by atoms with E-state index in [1.807, 2.05) is 11.4 Å². The van der Waals surface area contributed by atoms with Crippen LogP contribution in [0.4, 0.5) is 0 Å². The van der Waals surface area contributed by atoms with Crippen LogP contribution in [0.3, 0.4) is 0 Å². The van der Waals surface area contributed by atoms with Gasteiger partial charge < -0.3 is 10.4 Å². The van der Waals surface area contributed by atoms with Gasteiger partial charge in [-0.15, -0.1) is 36.2 Å². The number of rotatable bonds is 3. The minimum atomic E-state index is -0.0307. The molecule has 1 atom stereocenters. The molecule has 1 aliphatic rings. The molecule has 0 amide bonds. The van der Waals surface area contributed by atoms with Crippen molar-refractivity contribution >= 4 is 59.4 Å². The fourth-order valence-corrected chi connectivity index (χ4v) is 4.19. The third-order valence-electron chi connectivity index (χ3n) is 3.68. The molecule has 0 saturated carbocycles. The molecule has 2 aromatic rings. The molecule has 8 heteroatoms. The number of nitrogens with one attached hydrogen (secondary N) is 1. The van der Waals surface area contributed by atoms with Crippen LogP contribution in [0.5, 0.6) is 5.75 Å². The fourth-order valence-electron chi connectivity index (χ4n) is 2.73. The Hall–Kier alpha value is -0.200. The van der Waals surface area contributed by atoms with Crippen LogP contribution >= 0.6 is 59.4 Å². The number of nitrogens with zero attached hydrogens (tertiary/aromatic N) is 1. The van der Waals surface area contributed by atoms with Crippen LogP contribution < -0.4 is 5.32 Å². The molecular formula is C15H18Cl4N2OS. The maximum Gasteiger partial charge on any atom is 0.123 e. The highest BCUT2D eigenvalue weighted by atomic mass is 35.5. The van der Waals surface area contributed by atoms with Gasteiger partial charge in [-0.3, -0.25) is 4.90 Å². The Balaban J connectivity index is 0.00000132. The molecule has 1 saturated heterocycles. The number of thiophene rings is 1. The summed E-state index contributed by atoms with van der Waals surface area (Å²) in [5.74, 6) is 0.157. The third kappa shape index (κ3) is 4.67. The minimum absolute atomic E-state index is 0. The zero-order chi connectivity index (χ0) is 14.8. The molecule has 1 aromatic carbocycles. The summed E-state index contributed by atoms with van der Waals surface area (Å²) in [6.45, 7) is 3.71. The normalized spacial score (nSPS) is 16.3. The molecule has 3 nitrogen and oxygen atoms in total. The number of phenolic OH excluding ortho intramolecular Hbond substituents is 1. The first-order valence-corrected chi connectivity index (χ1v) is 8.46. The first kappa shape index (κ1) is 20.8. The Morgan fingerprint density at radius 1 is 1.17 bits per heavy atom. The van der Waals surface area contributed by atoms with E-state index in [4.69, 9.17) is 23.2 Å². The summed E-state index contributed by atoms with van der Waals surface area (Å²) in [5, 5.41) is 16.7. The number of hydrogen-bond donors (Lipinski definition) is 2. The molecule has 3 rings (SSSR count). The topological polar surface area (TPSA) is 35.5 Å². The van der Waals surface area contributed by atoms with Gasteiger partial charge in [-0.1, -0.05) is 29.3 Å². The van der Waals surface area contributed by atoms with Crippen LogP contribution in [-0.2, 0) is 0 Å². The van der Waals surface area contributed by atoms with Crippen LogP contribution in [0.1, 0.15) is 16.5 Å². The second-order valence-corrected chi connectivity index (χ2v) is 6.85. The smallest absolute Gasteiger partial charge is 0.123 e. The van der Waals surface area contributed by atoms with Crippen LogP contribution in [-0.4, -0.2) is 36.2 Å². The van der Waals surface area contributed by atoms with Crippen molar-refractivity contribution in [2.75, 3.05) is 26.2 Å². The van der Waals surface area contributed by atoms with Gasteiger partial charge in [0.1, 0.15) is 5.75 Å². The highest BCUT2D eigenvalue weighted by Gasteiger charge is 2.29. The van der Waals surface area contributed by atoms with E-state index >= 15 is 0 Å². The molecule has 1 aromatic heterocycles. The standard InChI is InChI=1S/C15H16Cl2N2OS.2ClH/c16-10-8-11(17)14(12(20)9-10)15(13-2-1-7-21-13)19-5-3-18-4-6-19;;/h1-2,7-9,15,18,20H,3-6H2;2*1H/t15-;;/m0../s1. The Bertz CT molecular complexity index is 595. The van der Waals surface area contributed by atoms with E-state index in [2.05, 4.69) is 16.3 Å². The van der Waals surface area contributed by atoms with E-state index in [0.29, 0.717) is 10.0 Å². The quantitative estimate of drug-likeness (QED) is 0.768. The summed E-state index contributed by atoms with van der Waals surface area (Å²) in [5.41, 5.74) is 0.741. The molecule has 0 bridgehead atoms. The lowest BCUT2D eigenvalue weighted by Gasteiger charge is -2.35. The number of phenols is 1. The predicted molar refractivity (Wildman–Crippen MR) is 103 cm³/mol. The lowest BCUT2D eigenvalue weighted by atomic mass is 10.0. The van der Waals surface area contributed by atoms with Crippen molar-refractivity contribution < 1.29 is 5.11 Å². The largest absolute Gasteiger partial charge is 0.507 e. The Morgan fingerprint density at radius 2 is 1.87 bits per heavy atom. The fraction of sp³-hybridized carbons (Fsp3) is 0.333. The van der Waals surface area contributed by atoms with E-state index in [0.717, 1.165) is 31.7 Å². The Kier molecular flexibility index (Phi) is 8.45. The lowest BCUT2D eigenvalue weighted by molar-refractivity contribution is 0.198. The van der Waals surface area contributed by atoms with Gasteiger partial charge in [0.25, 0.3) is 0 Å².